The second-order valence-electron chi connectivity index (χ2n) is 7.00. The third-order valence-corrected chi connectivity index (χ3v) is 5.00. The molecule has 1 atom stereocenters. The average Bonchev–Trinajstić information content (AvgIpc) is 2.52. The van der Waals surface area contributed by atoms with Crippen LogP contribution in [0.2, 0.25) is 5.02 Å². The highest BCUT2D eigenvalue weighted by Crippen LogP contribution is 2.47. The number of hydrogen-bond acceptors (Lipinski definition) is 3. The fourth-order valence-electron chi connectivity index (χ4n) is 3.73. The number of ether oxygens (including phenoxy) is 1. The van der Waals surface area contributed by atoms with Crippen molar-refractivity contribution in [3.8, 4) is 22.9 Å². The topological polar surface area (TPSA) is 45.0 Å². The second-order valence-corrected chi connectivity index (χ2v) is 7.38. The molecule has 24 heavy (non-hydrogen) atoms. The fourth-order valence-corrected chi connectivity index (χ4v) is 4.18. The zero-order valence-electron chi connectivity index (χ0n) is 14.4. The molecule has 0 aliphatic carbocycles. The van der Waals surface area contributed by atoms with Crippen LogP contribution in [0.3, 0.4) is 0 Å². The van der Waals surface area contributed by atoms with Gasteiger partial charge in [0.25, 0.3) is 0 Å². The first-order valence-electron chi connectivity index (χ1n) is 8.06. The molecule has 1 N–H and O–H groups in total. The summed E-state index contributed by atoms with van der Waals surface area (Å²) < 4.78 is 5.48. The van der Waals surface area contributed by atoms with E-state index in [4.69, 9.17) is 16.3 Å². The monoisotopic (exact) mass is 340 g/mol. The fraction of sp³-hybridized carbons (Fsp3) is 0.350. The van der Waals surface area contributed by atoms with Gasteiger partial charge in [0.15, 0.2) is 0 Å². The molecule has 4 heteroatoms. The van der Waals surface area contributed by atoms with Crippen molar-refractivity contribution in [1.82, 2.24) is 0 Å². The number of fused-ring (bicyclic) bond motifs is 1. The van der Waals surface area contributed by atoms with E-state index in [1.807, 2.05) is 18.2 Å². The summed E-state index contributed by atoms with van der Waals surface area (Å²) in [7, 11) is 1.58. The average molecular weight is 341 g/mol. The van der Waals surface area contributed by atoms with Crippen LogP contribution < -0.4 is 10.1 Å². The number of hydrogen-bond donors (Lipinski definition) is 1. The van der Waals surface area contributed by atoms with Crippen LogP contribution in [-0.2, 0) is 0 Å². The molecule has 0 saturated carbocycles. The lowest BCUT2D eigenvalue weighted by Gasteiger charge is -2.38. The maximum atomic E-state index is 9.31. The number of para-hydroxylation sites is 1. The maximum absolute atomic E-state index is 9.31. The molecule has 0 spiro atoms. The van der Waals surface area contributed by atoms with E-state index in [2.05, 4.69) is 38.2 Å². The van der Waals surface area contributed by atoms with E-state index < -0.39 is 0 Å². The van der Waals surface area contributed by atoms with Crippen LogP contribution in [0.25, 0.3) is 11.1 Å². The van der Waals surface area contributed by atoms with E-state index in [1.54, 1.807) is 13.2 Å². The van der Waals surface area contributed by atoms with E-state index in [1.165, 1.54) is 0 Å². The Labute approximate surface area is 148 Å². The summed E-state index contributed by atoms with van der Waals surface area (Å²) in [5.74, 6) is 0.924. The predicted octanol–water partition coefficient (Wildman–Crippen LogP) is 5.58. The minimum absolute atomic E-state index is 0.0513. The van der Waals surface area contributed by atoms with E-state index in [0.717, 1.165) is 33.8 Å². The maximum Gasteiger partial charge on any atom is 0.144 e. The van der Waals surface area contributed by atoms with Crippen LogP contribution in [0.1, 0.15) is 44.2 Å². The number of halogens is 1. The van der Waals surface area contributed by atoms with Gasteiger partial charge in [0.05, 0.1) is 17.7 Å². The lowest BCUT2D eigenvalue weighted by Crippen LogP contribution is -2.36. The molecule has 2 aromatic carbocycles. The highest BCUT2D eigenvalue weighted by molar-refractivity contribution is 6.34. The molecule has 0 fully saturated rings. The van der Waals surface area contributed by atoms with Crippen LogP contribution in [0.5, 0.6) is 5.75 Å². The minimum atomic E-state index is 0.0513. The molecule has 0 aromatic heterocycles. The van der Waals surface area contributed by atoms with Crippen molar-refractivity contribution in [2.24, 2.45) is 0 Å². The molecule has 1 aliphatic heterocycles. The Hall–Kier alpha value is -2.18. The van der Waals surface area contributed by atoms with E-state index >= 15 is 0 Å². The van der Waals surface area contributed by atoms with E-state index in [0.29, 0.717) is 17.2 Å². The molecule has 1 heterocycles. The summed E-state index contributed by atoms with van der Waals surface area (Å²) >= 11 is 6.80. The number of rotatable bonds is 2. The first-order chi connectivity index (χ1) is 11.4. The molecule has 0 radical (unpaired) electrons. The molecule has 1 unspecified atom stereocenters. The lowest BCUT2D eigenvalue weighted by molar-refractivity contribution is 0.415. The van der Waals surface area contributed by atoms with Crippen molar-refractivity contribution in [1.29, 1.82) is 5.26 Å². The molecular formula is C20H21ClN2O. The van der Waals surface area contributed by atoms with Crippen LogP contribution in [0, 0.1) is 11.3 Å². The Morgan fingerprint density at radius 3 is 2.67 bits per heavy atom. The standard InChI is InChI=1S/C20H21ClN2O/c1-12-10-20(2,3)23-16-9-8-14(18(21)17(12)16)15-7-5-6-13(11-22)19(15)24-4/h5-9,12,23H,10H2,1-4H3. The quantitative estimate of drug-likeness (QED) is 0.775. The van der Waals surface area contributed by atoms with Gasteiger partial charge in [0.2, 0.25) is 0 Å². The van der Waals surface area contributed by atoms with Gasteiger partial charge in [-0.3, -0.25) is 0 Å². The van der Waals surface area contributed by atoms with Crippen LogP contribution >= 0.6 is 11.6 Å². The summed E-state index contributed by atoms with van der Waals surface area (Å²) in [6, 6.07) is 11.8. The van der Waals surface area contributed by atoms with Crippen molar-refractivity contribution >= 4 is 17.3 Å². The van der Waals surface area contributed by atoms with Gasteiger partial charge in [0, 0.05) is 22.4 Å². The summed E-state index contributed by atoms with van der Waals surface area (Å²) in [6.07, 6.45) is 1.01. The second kappa shape index (κ2) is 6.03. The van der Waals surface area contributed by atoms with Gasteiger partial charge >= 0.3 is 0 Å². The summed E-state index contributed by atoms with van der Waals surface area (Å²) in [6.45, 7) is 6.61. The van der Waals surface area contributed by atoms with Gasteiger partial charge in [-0.2, -0.15) is 5.26 Å². The largest absolute Gasteiger partial charge is 0.495 e. The molecule has 0 saturated heterocycles. The number of anilines is 1. The van der Waals surface area contributed by atoms with E-state index in [-0.39, 0.29) is 5.54 Å². The molecule has 0 amide bonds. The number of benzene rings is 2. The Morgan fingerprint density at radius 1 is 1.25 bits per heavy atom. The van der Waals surface area contributed by atoms with Gasteiger partial charge in [-0.05, 0) is 43.9 Å². The van der Waals surface area contributed by atoms with Crippen molar-refractivity contribution in [3.05, 3.63) is 46.5 Å². The Morgan fingerprint density at radius 2 is 2.00 bits per heavy atom. The zero-order chi connectivity index (χ0) is 17.5. The zero-order valence-corrected chi connectivity index (χ0v) is 15.2. The molecule has 1 aliphatic rings. The number of nitrogens with one attached hydrogen (secondary N) is 1. The highest BCUT2D eigenvalue weighted by atomic mass is 35.5. The Bertz CT molecular complexity index is 836. The van der Waals surface area contributed by atoms with Crippen molar-refractivity contribution in [2.75, 3.05) is 12.4 Å². The molecule has 2 aromatic rings. The number of nitriles is 1. The summed E-state index contributed by atoms with van der Waals surface area (Å²) in [4.78, 5) is 0. The summed E-state index contributed by atoms with van der Waals surface area (Å²) in [5.41, 5.74) is 4.53. The Kier molecular flexibility index (Phi) is 4.19. The van der Waals surface area contributed by atoms with E-state index in [9.17, 15) is 5.26 Å². The van der Waals surface area contributed by atoms with Crippen LogP contribution in [-0.4, -0.2) is 12.6 Å². The first kappa shape index (κ1) is 16.7. The third kappa shape index (κ3) is 2.72. The SMILES string of the molecule is COc1c(C#N)cccc1-c1ccc2c(c1Cl)C(C)CC(C)(C)N2. The third-order valence-electron chi connectivity index (χ3n) is 4.59. The van der Waals surface area contributed by atoms with Crippen molar-refractivity contribution in [3.63, 3.8) is 0 Å². The highest BCUT2D eigenvalue weighted by Gasteiger charge is 2.31. The molecule has 3 rings (SSSR count). The normalized spacial score (nSPS) is 18.2. The minimum Gasteiger partial charge on any atom is -0.495 e. The van der Waals surface area contributed by atoms with Gasteiger partial charge in [-0.15, -0.1) is 0 Å². The van der Waals surface area contributed by atoms with Crippen molar-refractivity contribution < 1.29 is 4.74 Å². The number of methoxy groups -OCH3 is 1. The smallest absolute Gasteiger partial charge is 0.144 e. The molecular weight excluding hydrogens is 320 g/mol. The number of nitrogens with zero attached hydrogens (tertiary/aromatic N) is 1. The Balaban J connectivity index is 2.20. The van der Waals surface area contributed by atoms with Gasteiger partial charge < -0.3 is 10.1 Å². The van der Waals surface area contributed by atoms with Gasteiger partial charge in [-0.1, -0.05) is 36.7 Å². The van der Waals surface area contributed by atoms with Crippen LogP contribution in [0.4, 0.5) is 5.69 Å². The first-order valence-corrected chi connectivity index (χ1v) is 8.44. The molecule has 124 valence electrons. The van der Waals surface area contributed by atoms with Gasteiger partial charge in [0.1, 0.15) is 11.8 Å². The van der Waals surface area contributed by atoms with Gasteiger partial charge in [-0.25, -0.2) is 0 Å². The molecule has 0 bridgehead atoms. The van der Waals surface area contributed by atoms with Crippen molar-refractivity contribution in [2.45, 2.75) is 38.6 Å². The van der Waals surface area contributed by atoms with Crippen LogP contribution in [0.15, 0.2) is 30.3 Å². The lowest BCUT2D eigenvalue weighted by atomic mass is 9.81. The molecule has 3 nitrogen and oxygen atoms in total. The summed E-state index contributed by atoms with van der Waals surface area (Å²) in [5, 5.41) is 13.6. The predicted molar refractivity (Wildman–Crippen MR) is 98.9 cm³/mol.